The average molecular weight is 197 g/mol. The second-order valence-electron chi connectivity index (χ2n) is 3.06. The minimum atomic E-state index is -0.0969. The lowest BCUT2D eigenvalue weighted by molar-refractivity contribution is -0.117. The molecular formula is C10H19N3O. The zero-order chi connectivity index (χ0) is 10.8. The van der Waals surface area contributed by atoms with Crippen molar-refractivity contribution < 1.29 is 4.79 Å². The van der Waals surface area contributed by atoms with Gasteiger partial charge in [0.25, 0.3) is 0 Å². The Morgan fingerprint density at radius 3 is 2.93 bits per heavy atom. The molecule has 80 valence electrons. The second kappa shape index (κ2) is 8.44. The van der Waals surface area contributed by atoms with Crippen molar-refractivity contribution in [1.29, 1.82) is 0 Å². The van der Waals surface area contributed by atoms with E-state index in [2.05, 4.69) is 16.9 Å². The van der Waals surface area contributed by atoms with E-state index in [0.29, 0.717) is 18.7 Å². The van der Waals surface area contributed by atoms with E-state index in [0.717, 1.165) is 19.4 Å². The summed E-state index contributed by atoms with van der Waals surface area (Å²) in [6, 6.07) is 0. The van der Waals surface area contributed by atoms with Gasteiger partial charge in [-0.25, -0.2) is 0 Å². The van der Waals surface area contributed by atoms with Crippen LogP contribution in [-0.4, -0.2) is 31.8 Å². The topological polar surface area (TPSA) is 67.5 Å². The normalized spacial score (nSPS) is 10.4. The Balaban J connectivity index is 3.33. The zero-order valence-electron chi connectivity index (χ0n) is 8.75. The first-order chi connectivity index (χ1) is 6.68. The van der Waals surface area contributed by atoms with Gasteiger partial charge in [0, 0.05) is 24.9 Å². The average Bonchev–Trinajstić information content (AvgIpc) is 2.16. The van der Waals surface area contributed by atoms with Crippen LogP contribution in [0.5, 0.6) is 0 Å². The molecule has 0 rings (SSSR count). The van der Waals surface area contributed by atoms with Crippen molar-refractivity contribution in [2.75, 3.05) is 19.6 Å². The number of amides is 1. The summed E-state index contributed by atoms with van der Waals surface area (Å²) in [5, 5.41) is 2.72. The molecule has 0 aromatic carbocycles. The first-order valence-electron chi connectivity index (χ1n) is 4.80. The Kier molecular flexibility index (Phi) is 7.74. The van der Waals surface area contributed by atoms with Crippen LogP contribution in [-0.2, 0) is 4.79 Å². The van der Waals surface area contributed by atoms with Gasteiger partial charge in [-0.05, 0) is 26.3 Å². The number of nitrogens with two attached hydrogens (primary N) is 1. The van der Waals surface area contributed by atoms with Crippen LogP contribution in [0.15, 0.2) is 17.1 Å². The van der Waals surface area contributed by atoms with Crippen LogP contribution in [0.25, 0.3) is 0 Å². The summed E-state index contributed by atoms with van der Waals surface area (Å²) in [6.45, 7) is 7.27. The highest BCUT2D eigenvalue weighted by atomic mass is 16.1. The van der Waals surface area contributed by atoms with Crippen molar-refractivity contribution in [2.24, 2.45) is 10.7 Å². The lowest BCUT2D eigenvalue weighted by Crippen LogP contribution is -2.24. The second-order valence-corrected chi connectivity index (χ2v) is 3.06. The van der Waals surface area contributed by atoms with Crippen molar-refractivity contribution in [1.82, 2.24) is 5.32 Å². The maximum Gasteiger partial charge on any atom is 0.246 e. The monoisotopic (exact) mass is 197 g/mol. The fraction of sp³-hybridized carbons (Fsp3) is 0.600. The molecule has 0 aliphatic carbocycles. The van der Waals surface area contributed by atoms with E-state index in [1.165, 1.54) is 0 Å². The summed E-state index contributed by atoms with van der Waals surface area (Å²) in [4.78, 5) is 15.1. The standard InChI is InChI=1S/C10H19N3O/c1-9(2)10(14)13-8-4-7-12-6-3-5-11/h7H,1,3-6,8,11H2,2H3,(H,13,14). The first kappa shape index (κ1) is 12.8. The maximum absolute atomic E-state index is 11.0. The van der Waals surface area contributed by atoms with Crippen molar-refractivity contribution in [3.63, 3.8) is 0 Å². The summed E-state index contributed by atoms with van der Waals surface area (Å²) in [6.07, 6.45) is 3.48. The van der Waals surface area contributed by atoms with Crippen molar-refractivity contribution in [2.45, 2.75) is 19.8 Å². The molecule has 0 fully saturated rings. The molecule has 0 aromatic rings. The summed E-state index contributed by atoms with van der Waals surface area (Å²) in [5.74, 6) is -0.0969. The van der Waals surface area contributed by atoms with Gasteiger partial charge in [-0.1, -0.05) is 6.58 Å². The van der Waals surface area contributed by atoms with Crippen molar-refractivity contribution in [3.8, 4) is 0 Å². The minimum Gasteiger partial charge on any atom is -0.352 e. The highest BCUT2D eigenvalue weighted by Crippen LogP contribution is 1.85. The van der Waals surface area contributed by atoms with Crippen LogP contribution < -0.4 is 11.1 Å². The van der Waals surface area contributed by atoms with E-state index in [-0.39, 0.29) is 5.91 Å². The number of hydrogen-bond acceptors (Lipinski definition) is 3. The molecule has 4 heteroatoms. The van der Waals surface area contributed by atoms with Gasteiger partial charge >= 0.3 is 0 Å². The number of carbonyl (C=O) groups excluding carboxylic acids is 1. The third kappa shape index (κ3) is 7.49. The number of nitrogens with zero attached hydrogens (tertiary/aromatic N) is 1. The molecule has 0 aromatic heterocycles. The van der Waals surface area contributed by atoms with Gasteiger partial charge in [0.1, 0.15) is 0 Å². The molecule has 0 unspecified atom stereocenters. The van der Waals surface area contributed by atoms with Crippen LogP contribution in [0.1, 0.15) is 19.8 Å². The molecule has 0 bridgehead atoms. The predicted molar refractivity (Wildman–Crippen MR) is 59.5 cm³/mol. The van der Waals surface area contributed by atoms with Gasteiger partial charge in [0.15, 0.2) is 0 Å². The lowest BCUT2D eigenvalue weighted by atomic mass is 10.3. The smallest absolute Gasteiger partial charge is 0.246 e. The summed E-state index contributed by atoms with van der Waals surface area (Å²) < 4.78 is 0. The number of nitrogens with one attached hydrogen (secondary N) is 1. The predicted octanol–water partition coefficient (Wildman–Crippen LogP) is 0.488. The zero-order valence-corrected chi connectivity index (χ0v) is 8.75. The number of hydrogen-bond donors (Lipinski definition) is 2. The fourth-order valence-corrected chi connectivity index (χ4v) is 0.766. The molecule has 0 heterocycles. The van der Waals surface area contributed by atoms with Crippen LogP contribution in [0.4, 0.5) is 0 Å². The summed E-state index contributed by atoms with van der Waals surface area (Å²) >= 11 is 0. The molecule has 4 nitrogen and oxygen atoms in total. The van der Waals surface area contributed by atoms with Crippen molar-refractivity contribution in [3.05, 3.63) is 12.2 Å². The van der Waals surface area contributed by atoms with E-state index in [1.807, 2.05) is 6.21 Å². The highest BCUT2D eigenvalue weighted by molar-refractivity contribution is 5.92. The Bertz CT molecular complexity index is 211. The Morgan fingerprint density at radius 2 is 2.36 bits per heavy atom. The molecule has 0 radical (unpaired) electrons. The Labute approximate surface area is 85.3 Å². The molecule has 0 atom stereocenters. The van der Waals surface area contributed by atoms with E-state index < -0.39 is 0 Å². The Hall–Kier alpha value is -1.16. The molecule has 3 N–H and O–H groups in total. The molecular weight excluding hydrogens is 178 g/mol. The largest absolute Gasteiger partial charge is 0.352 e. The Morgan fingerprint density at radius 1 is 1.64 bits per heavy atom. The molecule has 0 aliphatic rings. The molecule has 14 heavy (non-hydrogen) atoms. The van der Waals surface area contributed by atoms with Crippen LogP contribution in [0.3, 0.4) is 0 Å². The minimum absolute atomic E-state index is 0.0969. The van der Waals surface area contributed by atoms with Gasteiger partial charge < -0.3 is 11.1 Å². The quantitative estimate of drug-likeness (QED) is 0.354. The van der Waals surface area contributed by atoms with E-state index >= 15 is 0 Å². The van der Waals surface area contributed by atoms with Gasteiger partial charge in [-0.3, -0.25) is 9.79 Å². The van der Waals surface area contributed by atoms with E-state index in [9.17, 15) is 4.79 Å². The van der Waals surface area contributed by atoms with E-state index in [1.54, 1.807) is 6.92 Å². The molecule has 1 amide bonds. The van der Waals surface area contributed by atoms with Crippen LogP contribution in [0.2, 0.25) is 0 Å². The van der Waals surface area contributed by atoms with Gasteiger partial charge in [0.2, 0.25) is 5.91 Å². The van der Waals surface area contributed by atoms with Crippen LogP contribution in [0, 0.1) is 0 Å². The number of rotatable bonds is 7. The number of aliphatic imine (C=N–C) groups is 1. The molecule has 0 saturated carbocycles. The SMILES string of the molecule is C=C(C)C(=O)NCCC=NCCCN. The summed E-state index contributed by atoms with van der Waals surface area (Å²) in [7, 11) is 0. The maximum atomic E-state index is 11.0. The van der Waals surface area contributed by atoms with Gasteiger partial charge in [0.05, 0.1) is 0 Å². The third-order valence-electron chi connectivity index (χ3n) is 1.57. The molecule has 0 aliphatic heterocycles. The summed E-state index contributed by atoms with van der Waals surface area (Å²) in [5.41, 5.74) is 5.83. The number of carbonyl (C=O) groups is 1. The van der Waals surface area contributed by atoms with Gasteiger partial charge in [-0.15, -0.1) is 0 Å². The van der Waals surface area contributed by atoms with Crippen LogP contribution >= 0.6 is 0 Å². The third-order valence-corrected chi connectivity index (χ3v) is 1.57. The van der Waals surface area contributed by atoms with Crippen molar-refractivity contribution >= 4 is 12.1 Å². The molecule has 0 spiro atoms. The fourth-order valence-electron chi connectivity index (χ4n) is 0.766. The van der Waals surface area contributed by atoms with E-state index in [4.69, 9.17) is 5.73 Å². The lowest BCUT2D eigenvalue weighted by Gasteiger charge is -2.00. The molecule has 0 saturated heterocycles. The van der Waals surface area contributed by atoms with Gasteiger partial charge in [-0.2, -0.15) is 0 Å². The highest BCUT2D eigenvalue weighted by Gasteiger charge is 1.97. The first-order valence-corrected chi connectivity index (χ1v) is 4.80.